The van der Waals surface area contributed by atoms with Gasteiger partial charge in [-0.3, -0.25) is 4.79 Å². The van der Waals surface area contributed by atoms with Crippen molar-refractivity contribution >= 4 is 33.4 Å². The predicted octanol–water partition coefficient (Wildman–Crippen LogP) is 5.51. The molecule has 1 amide bonds. The SMILES string of the molecule is CCCCn1c(C2CC(=O)N(c3cccc4ccccc34)C2)nc2ccccc21. The molecule has 4 heteroatoms. The van der Waals surface area contributed by atoms with Crippen LogP contribution in [-0.2, 0) is 11.3 Å². The second-order valence-corrected chi connectivity index (χ2v) is 7.87. The van der Waals surface area contributed by atoms with E-state index in [0.29, 0.717) is 13.0 Å². The molecule has 1 aliphatic rings. The molecule has 0 radical (unpaired) electrons. The Balaban J connectivity index is 1.54. The monoisotopic (exact) mass is 383 g/mol. The van der Waals surface area contributed by atoms with Gasteiger partial charge in [0.1, 0.15) is 5.82 Å². The molecule has 3 aromatic carbocycles. The summed E-state index contributed by atoms with van der Waals surface area (Å²) in [7, 11) is 0. The summed E-state index contributed by atoms with van der Waals surface area (Å²) in [6.07, 6.45) is 2.76. The average molecular weight is 383 g/mol. The number of amides is 1. The lowest BCUT2D eigenvalue weighted by Gasteiger charge is -2.19. The minimum atomic E-state index is 0.116. The van der Waals surface area contributed by atoms with E-state index in [1.54, 1.807) is 0 Å². The number of hydrogen-bond acceptors (Lipinski definition) is 2. The van der Waals surface area contributed by atoms with Gasteiger partial charge in [0.25, 0.3) is 0 Å². The van der Waals surface area contributed by atoms with Crippen LogP contribution in [0.15, 0.2) is 66.7 Å². The van der Waals surface area contributed by atoms with Gasteiger partial charge < -0.3 is 9.47 Å². The Labute approximate surface area is 170 Å². The maximum absolute atomic E-state index is 13.0. The van der Waals surface area contributed by atoms with E-state index in [0.717, 1.165) is 47.2 Å². The summed E-state index contributed by atoms with van der Waals surface area (Å²) in [5, 5.41) is 2.29. The van der Waals surface area contributed by atoms with Gasteiger partial charge in [0, 0.05) is 30.8 Å². The van der Waals surface area contributed by atoms with Crippen LogP contribution in [0.25, 0.3) is 21.8 Å². The third kappa shape index (κ3) is 3.09. The van der Waals surface area contributed by atoms with Crippen LogP contribution >= 0.6 is 0 Å². The van der Waals surface area contributed by atoms with Crippen LogP contribution in [0.4, 0.5) is 5.69 Å². The van der Waals surface area contributed by atoms with Crippen molar-refractivity contribution in [1.82, 2.24) is 9.55 Å². The van der Waals surface area contributed by atoms with Crippen LogP contribution < -0.4 is 4.90 Å². The highest BCUT2D eigenvalue weighted by molar-refractivity contribution is 6.05. The number of anilines is 1. The van der Waals surface area contributed by atoms with E-state index in [2.05, 4.69) is 54.0 Å². The first kappa shape index (κ1) is 17.9. The molecule has 0 saturated carbocycles. The average Bonchev–Trinajstić information content (AvgIpc) is 3.32. The molecule has 1 unspecified atom stereocenters. The van der Waals surface area contributed by atoms with Crippen molar-refractivity contribution in [3.8, 4) is 0 Å². The smallest absolute Gasteiger partial charge is 0.227 e. The van der Waals surface area contributed by atoms with Gasteiger partial charge in [-0.25, -0.2) is 4.98 Å². The number of hydrogen-bond donors (Lipinski definition) is 0. The van der Waals surface area contributed by atoms with Crippen LogP contribution in [-0.4, -0.2) is 22.0 Å². The molecule has 0 aliphatic carbocycles. The summed E-state index contributed by atoms with van der Waals surface area (Å²) >= 11 is 0. The summed E-state index contributed by atoms with van der Waals surface area (Å²) in [6, 6.07) is 22.8. The summed E-state index contributed by atoms with van der Waals surface area (Å²) in [4.78, 5) is 19.9. The Morgan fingerprint density at radius 1 is 1.00 bits per heavy atom. The lowest BCUT2D eigenvalue weighted by molar-refractivity contribution is -0.117. The number of benzene rings is 3. The normalized spacial score (nSPS) is 16.9. The van der Waals surface area contributed by atoms with Gasteiger partial charge in [-0.1, -0.05) is 61.9 Å². The first-order valence-electron chi connectivity index (χ1n) is 10.5. The van der Waals surface area contributed by atoms with Crippen LogP contribution in [0, 0.1) is 0 Å². The highest BCUT2D eigenvalue weighted by Crippen LogP contribution is 2.36. The molecule has 5 rings (SSSR count). The molecule has 146 valence electrons. The van der Waals surface area contributed by atoms with Gasteiger partial charge >= 0.3 is 0 Å². The zero-order valence-corrected chi connectivity index (χ0v) is 16.7. The second-order valence-electron chi connectivity index (χ2n) is 7.87. The summed E-state index contributed by atoms with van der Waals surface area (Å²) < 4.78 is 2.34. The minimum Gasteiger partial charge on any atom is -0.328 e. The van der Waals surface area contributed by atoms with Gasteiger partial charge in [0.2, 0.25) is 5.91 Å². The van der Waals surface area contributed by atoms with Gasteiger partial charge in [-0.2, -0.15) is 0 Å². The van der Waals surface area contributed by atoms with E-state index in [-0.39, 0.29) is 11.8 Å². The number of para-hydroxylation sites is 2. The summed E-state index contributed by atoms with van der Waals surface area (Å²) in [5.74, 6) is 1.35. The Hall–Kier alpha value is -3.14. The van der Waals surface area contributed by atoms with Crippen LogP contribution in [0.3, 0.4) is 0 Å². The van der Waals surface area contributed by atoms with Crippen molar-refractivity contribution in [2.24, 2.45) is 0 Å². The number of rotatable bonds is 5. The molecular weight excluding hydrogens is 358 g/mol. The van der Waals surface area contributed by atoms with Crippen molar-refractivity contribution in [3.63, 3.8) is 0 Å². The zero-order chi connectivity index (χ0) is 19.8. The fourth-order valence-corrected chi connectivity index (χ4v) is 4.51. The highest BCUT2D eigenvalue weighted by Gasteiger charge is 2.35. The van der Waals surface area contributed by atoms with E-state index >= 15 is 0 Å². The third-order valence-corrected chi connectivity index (χ3v) is 5.97. The van der Waals surface area contributed by atoms with Crippen molar-refractivity contribution in [3.05, 3.63) is 72.6 Å². The topological polar surface area (TPSA) is 38.1 Å². The lowest BCUT2D eigenvalue weighted by atomic mass is 10.1. The van der Waals surface area contributed by atoms with Gasteiger partial charge in [-0.15, -0.1) is 0 Å². The number of aryl methyl sites for hydroxylation is 1. The maximum atomic E-state index is 13.0. The number of unbranched alkanes of at least 4 members (excludes halogenated alkanes) is 1. The van der Waals surface area contributed by atoms with Crippen molar-refractivity contribution in [1.29, 1.82) is 0 Å². The molecule has 2 heterocycles. The number of fused-ring (bicyclic) bond motifs is 2. The quantitative estimate of drug-likeness (QED) is 0.456. The zero-order valence-electron chi connectivity index (χ0n) is 16.7. The molecule has 1 atom stereocenters. The minimum absolute atomic E-state index is 0.116. The Bertz CT molecular complexity index is 1190. The molecule has 0 bridgehead atoms. The van der Waals surface area contributed by atoms with Crippen molar-refractivity contribution < 1.29 is 4.79 Å². The standard InChI is InChI=1S/C25H25N3O/c1-2-3-15-27-23-13-7-6-12-21(23)26-25(27)19-16-24(29)28(17-19)22-14-8-10-18-9-4-5-11-20(18)22/h4-14,19H,2-3,15-17H2,1H3. The van der Waals surface area contributed by atoms with E-state index in [1.165, 1.54) is 5.52 Å². The van der Waals surface area contributed by atoms with Crippen LogP contribution in [0.2, 0.25) is 0 Å². The number of nitrogens with zero attached hydrogens (tertiary/aromatic N) is 3. The van der Waals surface area contributed by atoms with E-state index < -0.39 is 0 Å². The molecule has 4 nitrogen and oxygen atoms in total. The van der Waals surface area contributed by atoms with Crippen molar-refractivity contribution in [2.75, 3.05) is 11.4 Å². The first-order valence-corrected chi connectivity index (χ1v) is 10.5. The Morgan fingerprint density at radius 2 is 1.79 bits per heavy atom. The molecule has 1 fully saturated rings. The van der Waals surface area contributed by atoms with Crippen molar-refractivity contribution in [2.45, 2.75) is 38.6 Å². The summed E-state index contributed by atoms with van der Waals surface area (Å²) in [6.45, 7) is 3.84. The summed E-state index contributed by atoms with van der Waals surface area (Å²) in [5.41, 5.74) is 3.20. The Morgan fingerprint density at radius 3 is 2.69 bits per heavy atom. The van der Waals surface area contributed by atoms with Gasteiger partial charge in [0.05, 0.1) is 16.7 Å². The van der Waals surface area contributed by atoms with Crippen LogP contribution in [0.5, 0.6) is 0 Å². The number of aromatic nitrogens is 2. The molecule has 0 N–H and O–H groups in total. The van der Waals surface area contributed by atoms with E-state index in [9.17, 15) is 4.79 Å². The van der Waals surface area contributed by atoms with Crippen LogP contribution in [0.1, 0.15) is 37.9 Å². The van der Waals surface area contributed by atoms with E-state index in [1.807, 2.05) is 29.2 Å². The predicted molar refractivity (Wildman–Crippen MR) is 118 cm³/mol. The number of carbonyl (C=O) groups is 1. The molecule has 4 aromatic rings. The molecular formula is C25H25N3O. The number of carbonyl (C=O) groups excluding carboxylic acids is 1. The highest BCUT2D eigenvalue weighted by atomic mass is 16.2. The van der Waals surface area contributed by atoms with Gasteiger partial charge in [-0.05, 0) is 30.0 Å². The molecule has 1 aliphatic heterocycles. The maximum Gasteiger partial charge on any atom is 0.227 e. The largest absolute Gasteiger partial charge is 0.328 e. The molecule has 1 aromatic heterocycles. The first-order chi connectivity index (χ1) is 14.3. The fraction of sp³-hybridized carbons (Fsp3) is 0.280. The molecule has 29 heavy (non-hydrogen) atoms. The van der Waals surface area contributed by atoms with Gasteiger partial charge in [0.15, 0.2) is 0 Å². The third-order valence-electron chi connectivity index (χ3n) is 5.97. The molecule has 1 saturated heterocycles. The Kier molecular flexibility index (Phi) is 4.55. The second kappa shape index (κ2) is 7.36. The van der Waals surface area contributed by atoms with E-state index in [4.69, 9.17) is 4.98 Å². The number of imidazole rings is 1. The fourth-order valence-electron chi connectivity index (χ4n) is 4.51. The lowest BCUT2D eigenvalue weighted by Crippen LogP contribution is -2.24. The molecule has 0 spiro atoms.